The average molecular weight is 184 g/mol. The molecule has 0 nitrogen and oxygen atoms in total. The Balaban J connectivity index is 2.09. The molecule has 0 aromatic carbocycles. The fourth-order valence-electron chi connectivity index (χ4n) is 3.00. The van der Waals surface area contributed by atoms with Gasteiger partial charge in [-0.1, -0.05) is 13.3 Å². The third-order valence-corrected chi connectivity index (χ3v) is 4.76. The van der Waals surface area contributed by atoms with Crippen molar-refractivity contribution in [1.82, 2.24) is 0 Å². The second-order valence-corrected chi connectivity index (χ2v) is 5.46. The van der Waals surface area contributed by atoms with Crippen molar-refractivity contribution < 1.29 is 0 Å². The maximum absolute atomic E-state index is 4.71. The Labute approximate surface area is 81.5 Å². The molecule has 4 atom stereocenters. The van der Waals surface area contributed by atoms with Crippen LogP contribution in [-0.2, 0) is 0 Å². The van der Waals surface area contributed by atoms with Crippen LogP contribution in [-0.4, -0.2) is 5.25 Å². The monoisotopic (exact) mass is 184 g/mol. The highest BCUT2D eigenvalue weighted by Gasteiger charge is 2.31. The molecular weight excluding hydrogens is 164 g/mol. The quantitative estimate of drug-likeness (QED) is 0.547. The standard InChI is InChI=1S/C11H20S/c1-8-2-3-10-5-4-9(8)6-7-11(10)12/h8-12H,2-7H2,1H3. The Kier molecular flexibility index (Phi) is 2.69. The van der Waals surface area contributed by atoms with Crippen molar-refractivity contribution in [2.75, 3.05) is 0 Å². The number of thiol groups is 1. The van der Waals surface area contributed by atoms with Gasteiger partial charge >= 0.3 is 0 Å². The van der Waals surface area contributed by atoms with Crippen molar-refractivity contribution >= 4 is 12.6 Å². The van der Waals surface area contributed by atoms with E-state index in [0.717, 1.165) is 23.0 Å². The molecule has 4 unspecified atom stereocenters. The maximum Gasteiger partial charge on any atom is 0.00451 e. The number of hydrogen-bond donors (Lipinski definition) is 1. The van der Waals surface area contributed by atoms with Crippen LogP contribution in [0.5, 0.6) is 0 Å². The molecule has 0 heterocycles. The maximum atomic E-state index is 4.71. The number of fused-ring (bicyclic) bond motifs is 3. The van der Waals surface area contributed by atoms with Gasteiger partial charge in [-0.2, -0.15) is 12.6 Å². The van der Waals surface area contributed by atoms with Gasteiger partial charge in [0.15, 0.2) is 0 Å². The fraction of sp³-hybridized carbons (Fsp3) is 1.00. The van der Waals surface area contributed by atoms with E-state index in [1.165, 1.54) is 38.5 Å². The lowest BCUT2D eigenvalue weighted by atomic mass is 9.84. The molecule has 2 fully saturated rings. The lowest BCUT2D eigenvalue weighted by molar-refractivity contribution is 0.302. The molecule has 2 aliphatic rings. The SMILES string of the molecule is CC1CCC2CCC1CCC2S. The smallest absolute Gasteiger partial charge is 0.00451 e. The van der Waals surface area contributed by atoms with Crippen molar-refractivity contribution in [3.63, 3.8) is 0 Å². The van der Waals surface area contributed by atoms with E-state index in [1.54, 1.807) is 0 Å². The average Bonchev–Trinajstić information content (AvgIpc) is 2.33. The summed E-state index contributed by atoms with van der Waals surface area (Å²) in [5, 5.41) is 0.725. The first kappa shape index (κ1) is 8.93. The Morgan fingerprint density at radius 1 is 0.833 bits per heavy atom. The highest BCUT2D eigenvalue weighted by Crippen LogP contribution is 2.41. The second kappa shape index (κ2) is 3.61. The highest BCUT2D eigenvalue weighted by molar-refractivity contribution is 7.81. The molecule has 12 heavy (non-hydrogen) atoms. The van der Waals surface area contributed by atoms with Gasteiger partial charge in [0.05, 0.1) is 0 Å². The van der Waals surface area contributed by atoms with E-state index in [2.05, 4.69) is 6.92 Å². The zero-order valence-corrected chi connectivity index (χ0v) is 8.89. The van der Waals surface area contributed by atoms with Gasteiger partial charge < -0.3 is 0 Å². The van der Waals surface area contributed by atoms with Crippen molar-refractivity contribution in [3.8, 4) is 0 Å². The van der Waals surface area contributed by atoms with Gasteiger partial charge in [0.2, 0.25) is 0 Å². The molecule has 0 aliphatic heterocycles. The summed E-state index contributed by atoms with van der Waals surface area (Å²) in [5.41, 5.74) is 0. The molecule has 0 saturated heterocycles. The first-order valence-corrected chi connectivity index (χ1v) is 5.97. The van der Waals surface area contributed by atoms with Crippen LogP contribution in [0.25, 0.3) is 0 Å². The molecular formula is C11H20S. The Hall–Kier alpha value is 0.350. The van der Waals surface area contributed by atoms with Gasteiger partial charge in [-0.25, -0.2) is 0 Å². The number of rotatable bonds is 0. The van der Waals surface area contributed by atoms with Crippen LogP contribution in [0.2, 0.25) is 0 Å². The zero-order valence-electron chi connectivity index (χ0n) is 8.00. The molecule has 2 bridgehead atoms. The summed E-state index contributed by atoms with van der Waals surface area (Å²) in [6, 6.07) is 0. The van der Waals surface area contributed by atoms with Crippen LogP contribution in [0.1, 0.15) is 45.4 Å². The fourth-order valence-corrected chi connectivity index (χ4v) is 3.45. The minimum Gasteiger partial charge on any atom is -0.176 e. The van der Waals surface area contributed by atoms with E-state index < -0.39 is 0 Å². The van der Waals surface area contributed by atoms with Gasteiger partial charge in [0.1, 0.15) is 0 Å². The molecule has 2 saturated carbocycles. The molecule has 0 amide bonds. The topological polar surface area (TPSA) is 0 Å². The summed E-state index contributed by atoms with van der Waals surface area (Å²) >= 11 is 4.71. The highest BCUT2D eigenvalue weighted by atomic mass is 32.1. The van der Waals surface area contributed by atoms with Gasteiger partial charge in [0.25, 0.3) is 0 Å². The molecule has 2 aliphatic carbocycles. The molecule has 70 valence electrons. The van der Waals surface area contributed by atoms with Crippen molar-refractivity contribution in [2.24, 2.45) is 17.8 Å². The van der Waals surface area contributed by atoms with Crippen molar-refractivity contribution in [2.45, 2.75) is 50.7 Å². The molecule has 0 radical (unpaired) electrons. The summed E-state index contributed by atoms with van der Waals surface area (Å²) in [6.07, 6.45) is 8.69. The van der Waals surface area contributed by atoms with E-state index >= 15 is 0 Å². The van der Waals surface area contributed by atoms with Crippen molar-refractivity contribution in [3.05, 3.63) is 0 Å². The van der Waals surface area contributed by atoms with Crippen molar-refractivity contribution in [1.29, 1.82) is 0 Å². The first-order chi connectivity index (χ1) is 5.77. The summed E-state index contributed by atoms with van der Waals surface area (Å²) in [6.45, 7) is 2.45. The summed E-state index contributed by atoms with van der Waals surface area (Å²) < 4.78 is 0. The molecule has 0 aromatic rings. The minimum absolute atomic E-state index is 0.725. The summed E-state index contributed by atoms with van der Waals surface area (Å²) in [4.78, 5) is 0. The zero-order chi connectivity index (χ0) is 8.55. The lowest BCUT2D eigenvalue weighted by Crippen LogP contribution is -2.17. The Bertz CT molecular complexity index is 133. The normalized spacial score (nSPS) is 48.5. The van der Waals surface area contributed by atoms with Crippen LogP contribution in [0.15, 0.2) is 0 Å². The van der Waals surface area contributed by atoms with E-state index in [-0.39, 0.29) is 0 Å². The van der Waals surface area contributed by atoms with E-state index in [4.69, 9.17) is 12.6 Å². The molecule has 0 aromatic heterocycles. The molecule has 2 rings (SSSR count). The third-order valence-electron chi connectivity index (χ3n) is 4.08. The van der Waals surface area contributed by atoms with Gasteiger partial charge in [-0.05, 0) is 49.9 Å². The van der Waals surface area contributed by atoms with Gasteiger partial charge in [0, 0.05) is 5.25 Å². The van der Waals surface area contributed by atoms with Crippen LogP contribution < -0.4 is 0 Å². The Morgan fingerprint density at radius 3 is 2.25 bits per heavy atom. The van der Waals surface area contributed by atoms with E-state index in [1.807, 2.05) is 0 Å². The van der Waals surface area contributed by atoms with Crippen LogP contribution >= 0.6 is 12.6 Å². The molecule has 0 spiro atoms. The first-order valence-electron chi connectivity index (χ1n) is 5.45. The van der Waals surface area contributed by atoms with Crippen LogP contribution in [0.3, 0.4) is 0 Å². The lowest BCUT2D eigenvalue weighted by Gasteiger charge is -2.25. The van der Waals surface area contributed by atoms with Gasteiger partial charge in [-0.3, -0.25) is 0 Å². The largest absolute Gasteiger partial charge is 0.176 e. The summed E-state index contributed by atoms with van der Waals surface area (Å²) in [5.74, 6) is 2.98. The minimum atomic E-state index is 0.725. The Morgan fingerprint density at radius 2 is 1.42 bits per heavy atom. The predicted molar refractivity (Wildman–Crippen MR) is 56.6 cm³/mol. The predicted octanol–water partition coefficient (Wildman–Crippen LogP) is 3.52. The summed E-state index contributed by atoms with van der Waals surface area (Å²) in [7, 11) is 0. The van der Waals surface area contributed by atoms with E-state index in [9.17, 15) is 0 Å². The molecule has 1 heteroatoms. The molecule has 0 N–H and O–H groups in total. The third kappa shape index (κ3) is 1.66. The van der Waals surface area contributed by atoms with Crippen LogP contribution in [0.4, 0.5) is 0 Å². The van der Waals surface area contributed by atoms with Gasteiger partial charge in [-0.15, -0.1) is 0 Å². The van der Waals surface area contributed by atoms with Crippen LogP contribution in [0, 0.1) is 17.8 Å². The second-order valence-electron chi connectivity index (χ2n) is 4.80. The van der Waals surface area contributed by atoms with E-state index in [0.29, 0.717) is 0 Å². The number of hydrogen-bond acceptors (Lipinski definition) is 1.